The minimum absolute atomic E-state index is 0. The molecule has 0 aliphatic carbocycles. The molecule has 0 bridgehead atoms. The van der Waals surface area contributed by atoms with Gasteiger partial charge in [0.05, 0.1) is 13.2 Å². The minimum atomic E-state index is -0.543. The number of piperidine rings is 1. The maximum absolute atomic E-state index is 6.64. The molecule has 2 fully saturated rings. The molecule has 4 heteroatoms. The Balaban J connectivity index is 0.00000196. The van der Waals surface area contributed by atoms with Crippen molar-refractivity contribution in [3.63, 3.8) is 0 Å². The van der Waals surface area contributed by atoms with Gasteiger partial charge in [-0.05, 0) is 24.0 Å². The maximum atomic E-state index is 6.64. The molecule has 4 rings (SSSR count). The normalized spacial score (nSPS) is 24.8. The van der Waals surface area contributed by atoms with E-state index in [2.05, 4.69) is 66.0 Å². The first-order valence-electron chi connectivity index (χ1n) is 9.56. The summed E-state index contributed by atoms with van der Waals surface area (Å²) in [4.78, 5) is 0. The van der Waals surface area contributed by atoms with Gasteiger partial charge in [-0.1, -0.05) is 60.7 Å². The highest BCUT2D eigenvalue weighted by Gasteiger charge is 2.45. The summed E-state index contributed by atoms with van der Waals surface area (Å²) >= 11 is 0. The van der Waals surface area contributed by atoms with Crippen molar-refractivity contribution < 1.29 is 27.2 Å². The Bertz CT molecular complexity index is 617. The standard InChI is InChI=1S/C22H27NO2.ClH/c1-3-9-18(10-4-1)15-22(16-19-11-5-2-6-12-19)24-17-21(25-22)20-13-7-8-14-23-20;/h1-6,9-12,20-21,23H,7-8,13-17H2;1H. The van der Waals surface area contributed by atoms with Crippen LogP contribution in [0, 0.1) is 0 Å². The Morgan fingerprint density at radius 2 is 1.50 bits per heavy atom. The van der Waals surface area contributed by atoms with E-state index in [9.17, 15) is 0 Å². The first-order valence-corrected chi connectivity index (χ1v) is 9.56. The molecule has 2 heterocycles. The first-order chi connectivity index (χ1) is 12.3. The number of halogens is 1. The van der Waals surface area contributed by atoms with E-state index in [0.29, 0.717) is 12.6 Å². The third-order valence-electron chi connectivity index (χ3n) is 5.45. The fraction of sp³-hybridized carbons (Fsp3) is 0.455. The summed E-state index contributed by atoms with van der Waals surface area (Å²) in [5.74, 6) is -0.543. The zero-order valence-corrected chi connectivity index (χ0v) is 15.9. The lowest BCUT2D eigenvalue weighted by atomic mass is 9.97. The highest BCUT2D eigenvalue weighted by atomic mass is 35.5. The van der Waals surface area contributed by atoms with Crippen LogP contribution in [0.1, 0.15) is 30.4 Å². The Hall–Kier alpha value is -1.39. The molecular weight excluding hydrogens is 346 g/mol. The highest BCUT2D eigenvalue weighted by molar-refractivity contribution is 5.21. The third kappa shape index (κ3) is 4.66. The average molecular weight is 374 g/mol. The lowest BCUT2D eigenvalue weighted by Crippen LogP contribution is -3.00. The van der Waals surface area contributed by atoms with Gasteiger partial charge in [-0.3, -0.25) is 0 Å². The summed E-state index contributed by atoms with van der Waals surface area (Å²) in [5.41, 5.74) is 2.54. The molecule has 3 nitrogen and oxygen atoms in total. The number of nitrogens with two attached hydrogens (primary N) is 1. The van der Waals surface area contributed by atoms with Gasteiger partial charge in [-0.25, -0.2) is 0 Å². The van der Waals surface area contributed by atoms with Crippen LogP contribution >= 0.6 is 0 Å². The molecule has 2 aromatic rings. The number of rotatable bonds is 5. The van der Waals surface area contributed by atoms with Gasteiger partial charge >= 0.3 is 0 Å². The van der Waals surface area contributed by atoms with E-state index in [1.54, 1.807) is 0 Å². The van der Waals surface area contributed by atoms with Crippen LogP contribution in [0.3, 0.4) is 0 Å². The van der Waals surface area contributed by atoms with Gasteiger partial charge in [0.25, 0.3) is 0 Å². The predicted molar refractivity (Wildman–Crippen MR) is 98.3 cm³/mol. The van der Waals surface area contributed by atoms with Crippen molar-refractivity contribution in [2.45, 2.75) is 50.0 Å². The fourth-order valence-corrected chi connectivity index (χ4v) is 4.16. The van der Waals surface area contributed by atoms with E-state index in [0.717, 1.165) is 12.8 Å². The van der Waals surface area contributed by atoms with Crippen LogP contribution in [0.2, 0.25) is 0 Å². The number of ether oxygens (including phenoxy) is 2. The van der Waals surface area contributed by atoms with Crippen LogP contribution in [-0.2, 0) is 22.3 Å². The summed E-state index contributed by atoms with van der Waals surface area (Å²) in [6.07, 6.45) is 5.67. The third-order valence-corrected chi connectivity index (χ3v) is 5.45. The van der Waals surface area contributed by atoms with Gasteiger partial charge in [-0.2, -0.15) is 0 Å². The molecular formula is C22H28ClNO2. The number of quaternary nitrogens is 1. The molecule has 0 amide bonds. The summed E-state index contributed by atoms with van der Waals surface area (Å²) in [5, 5.41) is 2.46. The molecule has 2 aromatic carbocycles. The Kier molecular flexibility index (Phi) is 6.71. The van der Waals surface area contributed by atoms with Crippen molar-refractivity contribution >= 4 is 0 Å². The van der Waals surface area contributed by atoms with Gasteiger partial charge in [0.1, 0.15) is 12.1 Å². The summed E-state index contributed by atoms with van der Waals surface area (Å²) < 4.78 is 13.0. The SMILES string of the molecule is [Cl-].c1ccc(CC2(Cc3ccccc3)OCC(C3CCCC[NH2+]3)O2)cc1. The molecule has 2 N–H and O–H groups in total. The molecule has 2 atom stereocenters. The molecule has 0 aromatic heterocycles. The second kappa shape index (κ2) is 9.01. The number of hydrogen-bond acceptors (Lipinski definition) is 2. The van der Waals surface area contributed by atoms with E-state index in [4.69, 9.17) is 9.47 Å². The van der Waals surface area contributed by atoms with E-state index in [1.807, 2.05) is 0 Å². The van der Waals surface area contributed by atoms with Gasteiger partial charge in [-0.15, -0.1) is 0 Å². The molecule has 26 heavy (non-hydrogen) atoms. The van der Waals surface area contributed by atoms with Crippen molar-refractivity contribution in [2.75, 3.05) is 13.2 Å². The molecule has 140 valence electrons. The second-order valence-corrected chi connectivity index (χ2v) is 7.39. The van der Waals surface area contributed by atoms with Gasteiger partial charge in [0.15, 0.2) is 5.79 Å². The van der Waals surface area contributed by atoms with Gasteiger partial charge in [0, 0.05) is 19.3 Å². The zero-order chi connectivity index (χ0) is 17.0. The fourth-order valence-electron chi connectivity index (χ4n) is 4.16. The first kappa shape index (κ1) is 19.4. The summed E-state index contributed by atoms with van der Waals surface area (Å²) in [6.45, 7) is 1.93. The van der Waals surface area contributed by atoms with E-state index < -0.39 is 5.79 Å². The monoisotopic (exact) mass is 373 g/mol. The van der Waals surface area contributed by atoms with Crippen LogP contribution in [0.15, 0.2) is 60.7 Å². The average Bonchev–Trinajstić information content (AvgIpc) is 3.08. The van der Waals surface area contributed by atoms with E-state index in [-0.39, 0.29) is 18.5 Å². The maximum Gasteiger partial charge on any atom is 0.177 e. The summed E-state index contributed by atoms with van der Waals surface area (Å²) in [7, 11) is 0. The van der Waals surface area contributed by atoms with Gasteiger partial charge < -0.3 is 27.2 Å². The molecule has 2 saturated heterocycles. The van der Waals surface area contributed by atoms with Crippen molar-refractivity contribution in [3.05, 3.63) is 71.8 Å². The van der Waals surface area contributed by atoms with Crippen molar-refractivity contribution in [1.82, 2.24) is 0 Å². The van der Waals surface area contributed by atoms with Crippen LogP contribution in [0.4, 0.5) is 0 Å². The molecule has 2 aliphatic rings. The minimum Gasteiger partial charge on any atom is -1.00 e. The second-order valence-electron chi connectivity index (χ2n) is 7.39. The molecule has 2 aliphatic heterocycles. The van der Waals surface area contributed by atoms with Crippen LogP contribution in [0.25, 0.3) is 0 Å². The Labute approximate surface area is 162 Å². The van der Waals surface area contributed by atoms with Crippen LogP contribution in [0.5, 0.6) is 0 Å². The Morgan fingerprint density at radius 1 is 0.885 bits per heavy atom. The molecule has 0 radical (unpaired) electrons. The molecule has 0 spiro atoms. The number of hydrogen-bond donors (Lipinski definition) is 1. The van der Waals surface area contributed by atoms with E-state index >= 15 is 0 Å². The van der Waals surface area contributed by atoms with Gasteiger partial charge in [0.2, 0.25) is 0 Å². The topological polar surface area (TPSA) is 35.1 Å². The highest BCUT2D eigenvalue weighted by Crippen LogP contribution is 2.33. The predicted octanol–water partition coefficient (Wildman–Crippen LogP) is -0.297. The van der Waals surface area contributed by atoms with Crippen LogP contribution in [-0.4, -0.2) is 31.1 Å². The smallest absolute Gasteiger partial charge is 0.177 e. The quantitative estimate of drug-likeness (QED) is 0.781. The lowest BCUT2D eigenvalue weighted by Gasteiger charge is -2.30. The van der Waals surface area contributed by atoms with Crippen LogP contribution < -0.4 is 17.7 Å². The van der Waals surface area contributed by atoms with Crippen molar-refractivity contribution in [2.24, 2.45) is 0 Å². The van der Waals surface area contributed by atoms with Crippen molar-refractivity contribution in [3.8, 4) is 0 Å². The zero-order valence-electron chi connectivity index (χ0n) is 15.1. The van der Waals surface area contributed by atoms with Crippen molar-refractivity contribution in [1.29, 1.82) is 0 Å². The Morgan fingerprint density at radius 3 is 2.04 bits per heavy atom. The molecule has 0 saturated carbocycles. The lowest BCUT2D eigenvalue weighted by molar-refractivity contribution is -0.704. The molecule has 2 unspecified atom stereocenters. The van der Waals surface area contributed by atoms with E-state index in [1.165, 1.54) is 36.9 Å². The largest absolute Gasteiger partial charge is 1.00 e. The number of benzene rings is 2. The summed E-state index contributed by atoms with van der Waals surface area (Å²) in [6, 6.07) is 21.7.